The Balaban J connectivity index is 1.57. The third kappa shape index (κ3) is 3.71. The zero-order valence-electron chi connectivity index (χ0n) is 16.2. The van der Waals surface area contributed by atoms with Crippen molar-refractivity contribution < 1.29 is 13.2 Å². The Hall–Kier alpha value is -2.18. The molecule has 5 nitrogen and oxygen atoms in total. The number of amides is 1. The lowest BCUT2D eigenvalue weighted by molar-refractivity contribution is 0.0683. The van der Waals surface area contributed by atoms with E-state index in [1.807, 2.05) is 23.1 Å². The van der Waals surface area contributed by atoms with Gasteiger partial charge in [0.25, 0.3) is 5.91 Å². The highest BCUT2D eigenvalue weighted by Crippen LogP contribution is 2.26. The van der Waals surface area contributed by atoms with Crippen LogP contribution in [0.2, 0.25) is 0 Å². The van der Waals surface area contributed by atoms with Gasteiger partial charge in [0.1, 0.15) is 0 Å². The number of rotatable bonds is 3. The molecule has 2 aromatic carbocycles. The lowest BCUT2D eigenvalue weighted by atomic mass is 9.99. The van der Waals surface area contributed by atoms with E-state index in [-0.39, 0.29) is 10.8 Å². The van der Waals surface area contributed by atoms with Gasteiger partial charge in [0.2, 0.25) is 10.0 Å². The molecule has 0 N–H and O–H groups in total. The molecule has 1 saturated heterocycles. The summed E-state index contributed by atoms with van der Waals surface area (Å²) in [6.45, 7) is 4.46. The average Bonchev–Trinajstić information content (AvgIpc) is 2.73. The number of piperidine rings is 1. The Kier molecular flexibility index (Phi) is 5.25. The zero-order valence-corrected chi connectivity index (χ0v) is 17.0. The molecule has 148 valence electrons. The molecule has 2 heterocycles. The lowest BCUT2D eigenvalue weighted by Gasteiger charge is -2.31. The Labute approximate surface area is 167 Å². The maximum atomic E-state index is 13.2. The van der Waals surface area contributed by atoms with E-state index in [0.717, 1.165) is 31.5 Å². The number of sulfonamides is 1. The summed E-state index contributed by atoms with van der Waals surface area (Å²) in [6, 6.07) is 14.5. The van der Waals surface area contributed by atoms with Crippen molar-refractivity contribution in [3.63, 3.8) is 0 Å². The maximum Gasteiger partial charge on any atom is 0.253 e. The number of hydrogen-bond donors (Lipinski definition) is 0. The highest BCUT2D eigenvalue weighted by atomic mass is 32.2. The molecule has 0 aliphatic carbocycles. The van der Waals surface area contributed by atoms with Crippen molar-refractivity contribution in [2.24, 2.45) is 5.92 Å². The van der Waals surface area contributed by atoms with Crippen molar-refractivity contribution in [1.82, 2.24) is 9.21 Å². The van der Waals surface area contributed by atoms with E-state index in [2.05, 4.69) is 13.0 Å². The SMILES string of the molecule is CC1CCCN(C(=O)c2cccc(S(=O)(=O)N3CCc4ccccc4C3)c2)C1. The quantitative estimate of drug-likeness (QED) is 0.797. The summed E-state index contributed by atoms with van der Waals surface area (Å²) >= 11 is 0. The molecule has 0 aromatic heterocycles. The monoisotopic (exact) mass is 398 g/mol. The van der Waals surface area contributed by atoms with E-state index >= 15 is 0 Å². The molecular weight excluding hydrogens is 372 g/mol. The molecule has 6 heteroatoms. The number of hydrogen-bond acceptors (Lipinski definition) is 3. The number of fused-ring (bicyclic) bond motifs is 1. The standard InChI is InChI=1S/C22H26N2O3S/c1-17-6-5-12-23(15-17)22(25)19-9-4-10-21(14-19)28(26,27)24-13-11-18-7-2-3-8-20(18)16-24/h2-4,7-10,14,17H,5-6,11-13,15-16H2,1H3. The summed E-state index contributed by atoms with van der Waals surface area (Å²) in [6.07, 6.45) is 2.84. The number of carbonyl (C=O) groups is 1. The van der Waals surface area contributed by atoms with E-state index in [1.54, 1.807) is 18.2 Å². The lowest BCUT2D eigenvalue weighted by Crippen LogP contribution is -2.39. The minimum absolute atomic E-state index is 0.0763. The first-order chi connectivity index (χ1) is 13.4. The molecule has 0 saturated carbocycles. The largest absolute Gasteiger partial charge is 0.338 e. The van der Waals surface area contributed by atoms with Crippen LogP contribution >= 0.6 is 0 Å². The Bertz CT molecular complexity index is 987. The van der Waals surface area contributed by atoms with E-state index < -0.39 is 10.0 Å². The Morgan fingerprint density at radius 3 is 2.61 bits per heavy atom. The van der Waals surface area contributed by atoms with E-state index in [9.17, 15) is 13.2 Å². The Morgan fingerprint density at radius 2 is 1.82 bits per heavy atom. The van der Waals surface area contributed by atoms with Crippen LogP contribution in [0, 0.1) is 5.92 Å². The fraction of sp³-hybridized carbons (Fsp3) is 0.409. The first kappa shape index (κ1) is 19.2. The van der Waals surface area contributed by atoms with Gasteiger partial charge in [-0.15, -0.1) is 0 Å². The first-order valence-electron chi connectivity index (χ1n) is 9.91. The molecule has 0 bridgehead atoms. The van der Waals surface area contributed by atoms with E-state index in [1.165, 1.54) is 15.9 Å². The zero-order chi connectivity index (χ0) is 19.7. The van der Waals surface area contributed by atoms with Gasteiger partial charge in [0.15, 0.2) is 0 Å². The van der Waals surface area contributed by atoms with Gasteiger partial charge < -0.3 is 4.90 Å². The molecule has 1 fully saturated rings. The predicted octanol–water partition coefficient (Wildman–Crippen LogP) is 3.31. The summed E-state index contributed by atoms with van der Waals surface area (Å²) in [4.78, 5) is 14.9. The molecule has 4 rings (SSSR count). The van der Waals surface area contributed by atoms with E-state index in [4.69, 9.17) is 0 Å². The molecule has 0 radical (unpaired) electrons. The second-order valence-corrected chi connectivity index (χ2v) is 9.82. The third-order valence-corrected chi connectivity index (χ3v) is 7.60. The average molecular weight is 399 g/mol. The number of likely N-dealkylation sites (tertiary alicyclic amines) is 1. The highest BCUT2D eigenvalue weighted by molar-refractivity contribution is 7.89. The molecule has 28 heavy (non-hydrogen) atoms. The minimum Gasteiger partial charge on any atom is -0.338 e. The van der Waals surface area contributed by atoms with Crippen molar-refractivity contribution in [3.05, 3.63) is 65.2 Å². The first-order valence-corrected chi connectivity index (χ1v) is 11.4. The Morgan fingerprint density at radius 1 is 1.04 bits per heavy atom. The fourth-order valence-corrected chi connectivity index (χ4v) is 5.64. The topological polar surface area (TPSA) is 57.7 Å². The molecule has 1 amide bonds. The predicted molar refractivity (Wildman–Crippen MR) is 108 cm³/mol. The summed E-state index contributed by atoms with van der Waals surface area (Å²) in [7, 11) is -3.64. The van der Waals surface area contributed by atoms with E-state index in [0.29, 0.717) is 31.0 Å². The normalized spacial score (nSPS) is 20.6. The van der Waals surface area contributed by atoms with Gasteiger partial charge in [-0.3, -0.25) is 4.79 Å². The number of benzene rings is 2. The van der Waals surface area contributed by atoms with Crippen LogP contribution in [0.15, 0.2) is 53.4 Å². The molecule has 2 aromatic rings. The third-order valence-electron chi connectivity index (χ3n) is 5.76. The summed E-state index contributed by atoms with van der Waals surface area (Å²) in [5, 5.41) is 0. The van der Waals surface area contributed by atoms with Crippen molar-refractivity contribution in [2.75, 3.05) is 19.6 Å². The summed E-state index contributed by atoms with van der Waals surface area (Å²) in [5.41, 5.74) is 2.71. The van der Waals surface area contributed by atoms with Gasteiger partial charge in [-0.2, -0.15) is 4.31 Å². The second kappa shape index (κ2) is 7.68. The molecule has 0 spiro atoms. The molecule has 2 aliphatic heterocycles. The number of nitrogens with zero attached hydrogens (tertiary/aromatic N) is 2. The van der Waals surface area contributed by atoms with Crippen molar-refractivity contribution in [1.29, 1.82) is 0 Å². The van der Waals surface area contributed by atoms with Crippen LogP contribution < -0.4 is 0 Å². The maximum absolute atomic E-state index is 13.2. The van der Waals surface area contributed by atoms with Crippen LogP contribution in [0.25, 0.3) is 0 Å². The minimum atomic E-state index is -3.64. The van der Waals surface area contributed by atoms with Crippen molar-refractivity contribution in [2.45, 2.75) is 37.6 Å². The highest BCUT2D eigenvalue weighted by Gasteiger charge is 2.29. The van der Waals surface area contributed by atoms with Gasteiger partial charge in [-0.25, -0.2) is 8.42 Å². The molecule has 1 unspecified atom stereocenters. The second-order valence-electron chi connectivity index (χ2n) is 7.88. The molecule has 2 aliphatic rings. The number of carbonyl (C=O) groups excluding carboxylic acids is 1. The van der Waals surface area contributed by atoms with Gasteiger partial charge in [0, 0.05) is 31.7 Å². The van der Waals surface area contributed by atoms with Crippen LogP contribution in [0.5, 0.6) is 0 Å². The molecule has 1 atom stereocenters. The van der Waals surface area contributed by atoms with Crippen LogP contribution in [0.1, 0.15) is 41.3 Å². The van der Waals surface area contributed by atoms with Gasteiger partial charge in [0.05, 0.1) is 4.90 Å². The van der Waals surface area contributed by atoms with Crippen molar-refractivity contribution in [3.8, 4) is 0 Å². The molecular formula is C22H26N2O3S. The fourth-order valence-electron chi connectivity index (χ4n) is 4.17. The van der Waals surface area contributed by atoms with Crippen LogP contribution in [-0.2, 0) is 23.0 Å². The van der Waals surface area contributed by atoms with Gasteiger partial charge in [-0.1, -0.05) is 37.3 Å². The smallest absolute Gasteiger partial charge is 0.253 e. The van der Waals surface area contributed by atoms with Crippen LogP contribution in [-0.4, -0.2) is 43.2 Å². The summed E-state index contributed by atoms with van der Waals surface area (Å²) in [5.74, 6) is 0.408. The van der Waals surface area contributed by atoms with Gasteiger partial charge in [-0.05, 0) is 54.5 Å². The summed E-state index contributed by atoms with van der Waals surface area (Å²) < 4.78 is 27.9. The van der Waals surface area contributed by atoms with Crippen LogP contribution in [0.3, 0.4) is 0 Å². The van der Waals surface area contributed by atoms with Crippen LogP contribution in [0.4, 0.5) is 0 Å². The van der Waals surface area contributed by atoms with Gasteiger partial charge >= 0.3 is 0 Å². The van der Waals surface area contributed by atoms with Crippen molar-refractivity contribution >= 4 is 15.9 Å².